The second-order valence-electron chi connectivity index (χ2n) is 8.72. The number of phenolic OH excluding ortho intramolecular Hbond substituents is 1. The number of nitrogens with zero attached hydrogens (tertiary/aromatic N) is 1. The second kappa shape index (κ2) is 11.7. The lowest BCUT2D eigenvalue weighted by atomic mass is 10.0. The summed E-state index contributed by atoms with van der Waals surface area (Å²) >= 11 is 0. The van der Waals surface area contributed by atoms with Gasteiger partial charge in [-0.25, -0.2) is 4.79 Å². The number of hydrogen-bond acceptors (Lipinski definition) is 6. The van der Waals surface area contributed by atoms with Gasteiger partial charge >= 0.3 is 12.1 Å². The third-order valence-corrected chi connectivity index (χ3v) is 5.67. The fourth-order valence-corrected chi connectivity index (χ4v) is 3.63. The predicted molar refractivity (Wildman–Crippen MR) is 141 cm³/mol. The van der Waals surface area contributed by atoms with Gasteiger partial charge in [0.15, 0.2) is 6.61 Å². The van der Waals surface area contributed by atoms with Gasteiger partial charge in [-0.2, -0.15) is 13.2 Å². The molecule has 1 heterocycles. The van der Waals surface area contributed by atoms with E-state index in [4.69, 9.17) is 0 Å². The number of rotatable bonds is 7. The van der Waals surface area contributed by atoms with Gasteiger partial charge in [-0.1, -0.05) is 30.3 Å². The van der Waals surface area contributed by atoms with Crippen LogP contribution in [0, 0.1) is 6.92 Å². The molecule has 0 saturated heterocycles. The van der Waals surface area contributed by atoms with Crippen molar-refractivity contribution >= 4 is 29.2 Å². The quantitative estimate of drug-likeness (QED) is 0.244. The maximum Gasteiger partial charge on any atom is 0.422 e. The van der Waals surface area contributed by atoms with Gasteiger partial charge in [0.05, 0.1) is 11.1 Å². The zero-order valence-electron chi connectivity index (χ0n) is 21.0. The Morgan fingerprint density at radius 2 is 1.52 bits per heavy atom. The first kappa shape index (κ1) is 27.8. The van der Waals surface area contributed by atoms with E-state index in [1.165, 1.54) is 0 Å². The van der Waals surface area contributed by atoms with E-state index in [0.29, 0.717) is 16.9 Å². The van der Waals surface area contributed by atoms with Crippen molar-refractivity contribution in [3.8, 4) is 16.9 Å². The Morgan fingerprint density at radius 1 is 0.825 bits per heavy atom. The first-order chi connectivity index (χ1) is 19.0. The number of pyridine rings is 1. The highest BCUT2D eigenvalue weighted by Gasteiger charge is 2.30. The molecule has 0 aliphatic rings. The third-order valence-electron chi connectivity index (χ3n) is 5.67. The van der Waals surface area contributed by atoms with Crippen LogP contribution in [-0.2, 0) is 4.74 Å². The van der Waals surface area contributed by atoms with Crippen molar-refractivity contribution in [1.29, 1.82) is 0 Å². The molecule has 40 heavy (non-hydrogen) atoms. The zero-order valence-corrected chi connectivity index (χ0v) is 21.0. The summed E-state index contributed by atoms with van der Waals surface area (Å²) in [4.78, 5) is 41.4. The van der Waals surface area contributed by atoms with E-state index >= 15 is 0 Å². The van der Waals surface area contributed by atoms with Crippen molar-refractivity contribution in [2.75, 3.05) is 17.2 Å². The number of ether oxygens (including phenoxy) is 1. The van der Waals surface area contributed by atoms with Gasteiger partial charge in [0.2, 0.25) is 0 Å². The number of amides is 2. The van der Waals surface area contributed by atoms with Crippen molar-refractivity contribution in [2.45, 2.75) is 13.1 Å². The number of carbonyl (C=O) groups is 3. The zero-order chi connectivity index (χ0) is 28.9. The molecule has 0 unspecified atom stereocenters. The van der Waals surface area contributed by atoms with E-state index in [-0.39, 0.29) is 22.8 Å². The molecule has 0 aliphatic carbocycles. The fraction of sp³-hybridized carbons (Fsp3) is 0.103. The molecule has 0 bridgehead atoms. The number of carbonyl (C=O) groups excluding carboxylic acids is 3. The van der Waals surface area contributed by atoms with Crippen LogP contribution in [-0.4, -0.2) is 40.7 Å². The third kappa shape index (κ3) is 7.22. The highest BCUT2D eigenvalue weighted by atomic mass is 19.4. The van der Waals surface area contributed by atoms with Gasteiger partial charge in [0.1, 0.15) is 5.75 Å². The molecule has 1 aromatic heterocycles. The van der Waals surface area contributed by atoms with Crippen LogP contribution >= 0.6 is 0 Å². The van der Waals surface area contributed by atoms with Crippen LogP contribution < -0.4 is 10.6 Å². The lowest BCUT2D eigenvalue weighted by Gasteiger charge is -2.13. The van der Waals surface area contributed by atoms with E-state index in [9.17, 15) is 32.7 Å². The molecule has 0 atom stereocenters. The summed E-state index contributed by atoms with van der Waals surface area (Å²) in [5, 5.41) is 14.9. The summed E-state index contributed by atoms with van der Waals surface area (Å²) in [7, 11) is 0. The minimum Gasteiger partial charge on any atom is -0.508 e. The van der Waals surface area contributed by atoms with Crippen LogP contribution in [0.1, 0.15) is 36.6 Å². The molecule has 204 valence electrons. The summed E-state index contributed by atoms with van der Waals surface area (Å²) in [5.41, 5.74) is 3.05. The number of aromatic hydroxyl groups is 1. The molecule has 4 aromatic rings. The highest BCUT2D eigenvalue weighted by Crippen LogP contribution is 2.25. The Kier molecular flexibility index (Phi) is 8.13. The van der Waals surface area contributed by atoms with Crippen LogP contribution in [0.2, 0.25) is 0 Å². The Bertz CT molecular complexity index is 1570. The van der Waals surface area contributed by atoms with Gasteiger partial charge in [0, 0.05) is 29.3 Å². The van der Waals surface area contributed by atoms with Crippen molar-refractivity contribution in [3.63, 3.8) is 0 Å². The summed E-state index contributed by atoms with van der Waals surface area (Å²) in [5.74, 6) is -2.20. The van der Waals surface area contributed by atoms with Gasteiger partial charge in [-0.3, -0.25) is 14.6 Å². The van der Waals surface area contributed by atoms with Crippen molar-refractivity contribution < 1.29 is 37.4 Å². The summed E-state index contributed by atoms with van der Waals surface area (Å²) in [6, 6.07) is 19.4. The fourth-order valence-electron chi connectivity index (χ4n) is 3.63. The lowest BCUT2D eigenvalue weighted by Crippen LogP contribution is -2.21. The molecule has 0 saturated carbocycles. The largest absolute Gasteiger partial charge is 0.508 e. The first-order valence-corrected chi connectivity index (χ1v) is 11.8. The van der Waals surface area contributed by atoms with E-state index in [0.717, 1.165) is 35.2 Å². The van der Waals surface area contributed by atoms with Crippen molar-refractivity contribution in [3.05, 3.63) is 107 Å². The maximum absolute atomic E-state index is 13.0. The minimum atomic E-state index is -4.69. The number of benzene rings is 3. The first-order valence-electron chi connectivity index (χ1n) is 11.8. The van der Waals surface area contributed by atoms with Gasteiger partial charge in [-0.15, -0.1) is 0 Å². The minimum absolute atomic E-state index is 0.0846. The van der Waals surface area contributed by atoms with Gasteiger partial charge in [-0.05, 0) is 66.1 Å². The number of aryl methyl sites for hydroxylation is 1. The number of halogens is 3. The van der Waals surface area contributed by atoms with E-state index in [1.807, 2.05) is 6.07 Å². The van der Waals surface area contributed by atoms with Crippen LogP contribution in [0.3, 0.4) is 0 Å². The average Bonchev–Trinajstić information content (AvgIpc) is 2.93. The Hall–Kier alpha value is -5.19. The Balaban J connectivity index is 1.46. The standard InChI is InChI=1S/C29H22F3N3O5/c1-17-5-8-23(34-27(38)21-12-22(15-33-14-21)28(39)40-16-29(30,31)32)13-25(17)35-26(37)20-4-2-3-19(11-20)18-6-9-24(36)10-7-18/h2-15,36H,16H2,1H3,(H,34,38)(H,35,37). The van der Waals surface area contributed by atoms with E-state index in [1.54, 1.807) is 67.6 Å². The van der Waals surface area contributed by atoms with Crippen LogP contribution in [0.15, 0.2) is 85.2 Å². The van der Waals surface area contributed by atoms with Crippen LogP contribution in [0.5, 0.6) is 5.75 Å². The molecule has 0 aliphatic heterocycles. The smallest absolute Gasteiger partial charge is 0.422 e. The predicted octanol–water partition coefficient (Wildman–Crippen LogP) is 5.99. The lowest BCUT2D eigenvalue weighted by molar-refractivity contribution is -0.161. The molecule has 0 radical (unpaired) electrons. The molecular weight excluding hydrogens is 527 g/mol. The SMILES string of the molecule is Cc1ccc(NC(=O)c2cncc(C(=O)OCC(F)(F)F)c2)cc1NC(=O)c1cccc(-c2ccc(O)cc2)c1. The second-order valence-corrected chi connectivity index (χ2v) is 8.72. The van der Waals surface area contributed by atoms with Crippen LogP contribution in [0.4, 0.5) is 24.5 Å². The monoisotopic (exact) mass is 549 g/mol. The summed E-state index contributed by atoms with van der Waals surface area (Å²) in [6.45, 7) is 0.00918. The highest BCUT2D eigenvalue weighted by molar-refractivity contribution is 6.07. The van der Waals surface area contributed by atoms with Gasteiger partial charge in [0.25, 0.3) is 11.8 Å². The molecule has 2 amide bonds. The Morgan fingerprint density at radius 3 is 2.25 bits per heavy atom. The number of nitrogens with one attached hydrogen (secondary N) is 2. The number of phenols is 1. The Labute approximate surface area is 226 Å². The molecule has 8 nitrogen and oxygen atoms in total. The van der Waals surface area contributed by atoms with Crippen LogP contribution in [0.25, 0.3) is 11.1 Å². The number of aromatic nitrogens is 1. The number of esters is 1. The number of anilines is 2. The molecule has 11 heteroatoms. The average molecular weight is 550 g/mol. The number of alkyl halides is 3. The summed E-state index contributed by atoms with van der Waals surface area (Å²) in [6.07, 6.45) is -2.55. The molecule has 3 N–H and O–H groups in total. The molecule has 4 rings (SSSR count). The van der Waals surface area contributed by atoms with E-state index < -0.39 is 24.7 Å². The maximum atomic E-state index is 13.0. The normalized spacial score (nSPS) is 11.0. The van der Waals surface area contributed by atoms with Gasteiger partial charge < -0.3 is 20.5 Å². The molecule has 0 fully saturated rings. The topological polar surface area (TPSA) is 118 Å². The van der Waals surface area contributed by atoms with Crippen molar-refractivity contribution in [2.24, 2.45) is 0 Å². The molecule has 0 spiro atoms. The van der Waals surface area contributed by atoms with Crippen molar-refractivity contribution in [1.82, 2.24) is 4.98 Å². The van der Waals surface area contributed by atoms with E-state index in [2.05, 4.69) is 20.4 Å². The number of hydrogen-bond donors (Lipinski definition) is 3. The summed E-state index contributed by atoms with van der Waals surface area (Å²) < 4.78 is 41.2. The molecule has 3 aromatic carbocycles. The molecular formula is C29H22F3N3O5.